The molecule has 6 rings (SSSR count). The highest BCUT2D eigenvalue weighted by Gasteiger charge is 2.75. The average molecular weight is 514 g/mol. The molecule has 2 aromatic rings. The van der Waals surface area contributed by atoms with E-state index in [0.717, 1.165) is 11.3 Å². The van der Waals surface area contributed by atoms with Gasteiger partial charge in [-0.2, -0.15) is 0 Å². The molecule has 4 aliphatic rings. The second-order valence-electron chi connectivity index (χ2n) is 12.5. The van der Waals surface area contributed by atoms with Gasteiger partial charge in [0.2, 0.25) is 0 Å². The predicted molar refractivity (Wildman–Crippen MR) is 133 cm³/mol. The van der Waals surface area contributed by atoms with Crippen LogP contribution in [0.3, 0.4) is 0 Å². The minimum atomic E-state index is -1.51. The van der Waals surface area contributed by atoms with E-state index in [1.807, 2.05) is 43.5 Å². The summed E-state index contributed by atoms with van der Waals surface area (Å²) in [5, 5.41) is 76.8. The Bertz CT molecular complexity index is 1150. The molecule has 4 saturated carbocycles. The molecule has 10 atom stereocenters. The number of aliphatic hydroxyl groups is 6. The highest BCUT2D eigenvalue weighted by molar-refractivity contribution is 5.28. The van der Waals surface area contributed by atoms with Crippen LogP contribution in [0.25, 0.3) is 0 Å². The zero-order valence-electron chi connectivity index (χ0n) is 21.3. The molecule has 202 valence electrons. The van der Waals surface area contributed by atoms with Crippen molar-refractivity contribution in [2.24, 2.45) is 22.7 Å². The molecule has 1 heterocycles. The van der Waals surface area contributed by atoms with Crippen molar-refractivity contribution in [1.82, 2.24) is 15.0 Å². The molecule has 9 nitrogen and oxygen atoms in total. The molecule has 2 unspecified atom stereocenters. The molecule has 0 saturated heterocycles. The van der Waals surface area contributed by atoms with Gasteiger partial charge in [-0.3, -0.25) is 0 Å². The van der Waals surface area contributed by atoms with E-state index in [1.54, 1.807) is 4.68 Å². The molecule has 1 aromatic carbocycles. The summed E-state index contributed by atoms with van der Waals surface area (Å²) in [7, 11) is 0. The highest BCUT2D eigenvalue weighted by Crippen LogP contribution is 2.71. The first kappa shape index (κ1) is 25.4. The molecule has 6 N–H and O–H groups in total. The molecule has 9 heteroatoms. The van der Waals surface area contributed by atoms with Gasteiger partial charge in [0.05, 0.1) is 53.8 Å². The van der Waals surface area contributed by atoms with Gasteiger partial charge >= 0.3 is 0 Å². The third-order valence-corrected chi connectivity index (χ3v) is 11.0. The van der Waals surface area contributed by atoms with Gasteiger partial charge in [-0.15, -0.1) is 5.10 Å². The van der Waals surface area contributed by atoms with Crippen LogP contribution in [0.1, 0.15) is 69.0 Å². The van der Waals surface area contributed by atoms with Gasteiger partial charge in [-0.1, -0.05) is 42.5 Å². The lowest BCUT2D eigenvalue weighted by atomic mass is 9.40. The minimum absolute atomic E-state index is 0.0294. The van der Waals surface area contributed by atoms with Crippen LogP contribution in [0.2, 0.25) is 0 Å². The number of aliphatic hydroxyl groups excluding tert-OH is 4. The van der Waals surface area contributed by atoms with Gasteiger partial charge in [0, 0.05) is 36.3 Å². The fourth-order valence-corrected chi connectivity index (χ4v) is 9.30. The third-order valence-electron chi connectivity index (χ3n) is 11.0. The molecule has 0 bridgehead atoms. The third kappa shape index (κ3) is 3.38. The summed E-state index contributed by atoms with van der Waals surface area (Å²) in [6, 6.07) is 10.0. The van der Waals surface area contributed by atoms with E-state index in [1.165, 1.54) is 0 Å². The maximum absolute atomic E-state index is 12.4. The lowest BCUT2D eigenvalue weighted by molar-refractivity contribution is -0.316. The fraction of sp³-hybridized carbons (Fsp3) is 0.714. The molecule has 0 amide bonds. The molecular formula is C28H39N3O6. The zero-order chi connectivity index (χ0) is 26.2. The summed E-state index contributed by atoms with van der Waals surface area (Å²) in [6.07, 6.45) is 1.14. The first-order chi connectivity index (χ1) is 17.6. The number of benzene rings is 1. The smallest absolute Gasteiger partial charge is 0.0864 e. The first-order valence-electron chi connectivity index (χ1n) is 13.6. The molecule has 1 aromatic heterocycles. The van der Waals surface area contributed by atoms with Crippen LogP contribution in [0.15, 0.2) is 36.5 Å². The quantitative estimate of drug-likeness (QED) is 0.354. The summed E-state index contributed by atoms with van der Waals surface area (Å²) in [5.41, 5.74) is -2.85. The number of fused-ring (bicyclic) bond motifs is 5. The van der Waals surface area contributed by atoms with Crippen LogP contribution < -0.4 is 0 Å². The summed E-state index contributed by atoms with van der Waals surface area (Å²) in [5.74, 6) is -1.21. The van der Waals surface area contributed by atoms with Gasteiger partial charge in [-0.25, -0.2) is 4.68 Å². The van der Waals surface area contributed by atoms with Crippen LogP contribution in [-0.2, 0) is 6.54 Å². The van der Waals surface area contributed by atoms with E-state index in [0.29, 0.717) is 25.8 Å². The van der Waals surface area contributed by atoms with E-state index in [9.17, 15) is 30.6 Å². The van der Waals surface area contributed by atoms with Crippen LogP contribution in [0, 0.1) is 22.7 Å². The van der Waals surface area contributed by atoms with Crippen molar-refractivity contribution in [3.63, 3.8) is 0 Å². The lowest BCUT2D eigenvalue weighted by Crippen LogP contribution is -2.75. The van der Waals surface area contributed by atoms with Crippen molar-refractivity contribution >= 4 is 0 Å². The lowest BCUT2D eigenvalue weighted by Gasteiger charge is -2.68. The second-order valence-corrected chi connectivity index (χ2v) is 12.5. The van der Waals surface area contributed by atoms with E-state index >= 15 is 0 Å². The number of hydrogen-bond donors (Lipinski definition) is 6. The van der Waals surface area contributed by atoms with Crippen molar-refractivity contribution in [3.8, 4) is 0 Å². The van der Waals surface area contributed by atoms with E-state index in [2.05, 4.69) is 10.3 Å². The Balaban J connectivity index is 1.33. The van der Waals surface area contributed by atoms with Gasteiger partial charge < -0.3 is 30.6 Å². The Morgan fingerprint density at radius 3 is 2.51 bits per heavy atom. The highest BCUT2D eigenvalue weighted by atomic mass is 16.3. The SMILES string of the molecule is C[C@]12C[C@@H](O)C3C(CC[C@]4(O)C[C@@H](O)C[C@@H](O)[C@]34CO)[C@@]1(O)CC[C@@H]2c1cn(Cc2ccccc2)nn1. The van der Waals surface area contributed by atoms with E-state index in [-0.39, 0.29) is 31.6 Å². The predicted octanol–water partition coefficient (Wildman–Crippen LogP) is 0.957. The second kappa shape index (κ2) is 8.56. The largest absolute Gasteiger partial charge is 0.396 e. The van der Waals surface area contributed by atoms with E-state index < -0.39 is 58.8 Å². The van der Waals surface area contributed by atoms with Gasteiger partial charge in [0.15, 0.2) is 0 Å². The molecule has 0 aliphatic heterocycles. The van der Waals surface area contributed by atoms with Crippen LogP contribution in [0.5, 0.6) is 0 Å². The molecule has 0 radical (unpaired) electrons. The first-order valence-corrected chi connectivity index (χ1v) is 13.6. The van der Waals surface area contributed by atoms with Gasteiger partial charge in [0.25, 0.3) is 0 Å². The van der Waals surface area contributed by atoms with Crippen molar-refractivity contribution in [2.45, 2.75) is 93.8 Å². The zero-order valence-corrected chi connectivity index (χ0v) is 21.3. The topological polar surface area (TPSA) is 152 Å². The Morgan fingerprint density at radius 1 is 1.03 bits per heavy atom. The van der Waals surface area contributed by atoms with Crippen LogP contribution in [-0.4, -0.2) is 81.8 Å². The Labute approximate surface area is 216 Å². The Morgan fingerprint density at radius 2 is 1.78 bits per heavy atom. The number of nitrogens with zero attached hydrogens (tertiary/aromatic N) is 3. The summed E-state index contributed by atoms with van der Waals surface area (Å²) < 4.78 is 1.80. The molecule has 37 heavy (non-hydrogen) atoms. The van der Waals surface area contributed by atoms with Gasteiger partial charge in [-0.05, 0) is 43.6 Å². The Kier molecular flexibility index (Phi) is 5.88. The van der Waals surface area contributed by atoms with Crippen LogP contribution >= 0.6 is 0 Å². The van der Waals surface area contributed by atoms with Gasteiger partial charge in [0.1, 0.15) is 0 Å². The maximum atomic E-state index is 12.4. The van der Waals surface area contributed by atoms with E-state index in [4.69, 9.17) is 0 Å². The number of rotatable bonds is 4. The Hall–Kier alpha value is -1.88. The average Bonchev–Trinajstić information content (AvgIpc) is 3.40. The molecule has 4 aliphatic carbocycles. The monoisotopic (exact) mass is 513 g/mol. The summed E-state index contributed by atoms with van der Waals surface area (Å²) in [4.78, 5) is 0. The molecular weight excluding hydrogens is 474 g/mol. The number of hydrogen-bond acceptors (Lipinski definition) is 8. The minimum Gasteiger partial charge on any atom is -0.396 e. The molecule has 4 fully saturated rings. The summed E-state index contributed by atoms with van der Waals surface area (Å²) >= 11 is 0. The standard InChI is InChI=1S/C28H39N3O6/c1-25-13-22(34)24-20(7-9-26(36)12-18(33)11-23(35)27(24,26)16-32)28(25,37)10-8-19(25)21-15-31(30-29-21)14-17-5-3-2-4-6-17/h2-6,15,18-20,22-24,32-37H,7-14,16H2,1H3/t18-,19+,20?,22+,23+,24?,25+,26-,27+,28-/m0/s1. The summed E-state index contributed by atoms with van der Waals surface area (Å²) in [6.45, 7) is 2.10. The van der Waals surface area contributed by atoms with Crippen molar-refractivity contribution < 1.29 is 30.6 Å². The van der Waals surface area contributed by atoms with Crippen molar-refractivity contribution in [2.75, 3.05) is 6.61 Å². The van der Waals surface area contributed by atoms with Crippen molar-refractivity contribution in [1.29, 1.82) is 0 Å². The normalized spacial score (nSPS) is 47.2. The fourth-order valence-electron chi connectivity index (χ4n) is 9.30. The maximum Gasteiger partial charge on any atom is 0.0864 e. The number of aromatic nitrogens is 3. The van der Waals surface area contributed by atoms with Crippen molar-refractivity contribution in [3.05, 3.63) is 47.8 Å². The molecule has 0 spiro atoms. The van der Waals surface area contributed by atoms with Crippen LogP contribution in [0.4, 0.5) is 0 Å².